The fraction of sp³-hybridized carbons (Fsp3) is 0.545. The standard InChI is InChI=1S/C22H30O5S2/c1-2-15-5-3-6-16(11-15)12-17(23)7-8-18-19(24)13-20(25)22(18)29-10-4-9-28-14-21(26)27/h3,5-8,11,17-19,22-24H,2,4,9-10,12-14H2,1H3,(H,26,27)/t17?,18-,19?,22?/m0/s1. The zero-order chi connectivity index (χ0) is 21.2. The number of hydrogen-bond donors (Lipinski definition) is 3. The molecule has 5 nitrogen and oxygen atoms in total. The molecule has 0 aliphatic heterocycles. The predicted octanol–water partition coefficient (Wildman–Crippen LogP) is 2.97. The molecule has 1 aromatic rings. The van der Waals surface area contributed by atoms with Gasteiger partial charge in [-0.15, -0.1) is 11.8 Å². The molecule has 1 fully saturated rings. The van der Waals surface area contributed by atoms with Crippen molar-refractivity contribution in [3.8, 4) is 0 Å². The number of benzene rings is 1. The van der Waals surface area contributed by atoms with Crippen molar-refractivity contribution in [2.75, 3.05) is 17.3 Å². The van der Waals surface area contributed by atoms with Crippen LogP contribution in [0, 0.1) is 5.92 Å². The molecule has 0 heterocycles. The molecule has 7 heteroatoms. The lowest BCUT2D eigenvalue weighted by atomic mass is 10.0. The molecule has 3 N–H and O–H groups in total. The van der Waals surface area contributed by atoms with Crippen molar-refractivity contribution in [3.05, 3.63) is 47.5 Å². The number of carbonyl (C=O) groups excluding carboxylic acids is 1. The summed E-state index contributed by atoms with van der Waals surface area (Å²) in [4.78, 5) is 22.8. The lowest BCUT2D eigenvalue weighted by molar-refractivity contribution is -0.133. The molecular formula is C22H30O5S2. The van der Waals surface area contributed by atoms with Gasteiger partial charge in [0.1, 0.15) is 5.78 Å². The van der Waals surface area contributed by atoms with E-state index >= 15 is 0 Å². The normalized spacial score (nSPS) is 23.0. The smallest absolute Gasteiger partial charge is 0.313 e. The molecule has 1 aliphatic carbocycles. The van der Waals surface area contributed by atoms with Gasteiger partial charge in [0.05, 0.1) is 23.2 Å². The summed E-state index contributed by atoms with van der Waals surface area (Å²) in [5.41, 5.74) is 2.29. The Morgan fingerprint density at radius 2 is 2.07 bits per heavy atom. The fourth-order valence-corrected chi connectivity index (χ4v) is 5.57. The molecule has 1 aromatic carbocycles. The van der Waals surface area contributed by atoms with Gasteiger partial charge in [0.2, 0.25) is 0 Å². The molecule has 2 rings (SSSR count). The van der Waals surface area contributed by atoms with Crippen molar-refractivity contribution in [2.24, 2.45) is 5.92 Å². The second-order valence-corrected chi connectivity index (χ2v) is 9.59. The first-order chi connectivity index (χ1) is 13.9. The average Bonchev–Trinajstić information content (AvgIpc) is 2.95. The van der Waals surface area contributed by atoms with Gasteiger partial charge in [-0.2, -0.15) is 11.8 Å². The number of aliphatic hydroxyl groups is 2. The molecule has 0 spiro atoms. The monoisotopic (exact) mass is 438 g/mol. The van der Waals surface area contributed by atoms with Crippen LogP contribution in [0.25, 0.3) is 0 Å². The summed E-state index contributed by atoms with van der Waals surface area (Å²) in [5.74, 6) is 0.500. The maximum absolute atomic E-state index is 12.3. The Labute approximate surface area is 181 Å². The molecule has 3 unspecified atom stereocenters. The summed E-state index contributed by atoms with van der Waals surface area (Å²) in [5, 5.41) is 29.0. The van der Waals surface area contributed by atoms with Crippen LogP contribution in [-0.2, 0) is 22.4 Å². The lowest BCUT2D eigenvalue weighted by Crippen LogP contribution is -2.22. The van der Waals surface area contributed by atoms with Crippen molar-refractivity contribution in [1.82, 2.24) is 0 Å². The van der Waals surface area contributed by atoms with Crippen molar-refractivity contribution in [1.29, 1.82) is 0 Å². The van der Waals surface area contributed by atoms with E-state index in [1.54, 1.807) is 12.2 Å². The van der Waals surface area contributed by atoms with E-state index in [0.717, 1.165) is 29.9 Å². The van der Waals surface area contributed by atoms with E-state index in [1.807, 2.05) is 12.1 Å². The Balaban J connectivity index is 1.85. The number of hydrogen-bond acceptors (Lipinski definition) is 6. The first-order valence-electron chi connectivity index (χ1n) is 9.96. The number of aryl methyl sites for hydroxylation is 1. The number of thioether (sulfide) groups is 2. The van der Waals surface area contributed by atoms with Crippen molar-refractivity contribution in [3.63, 3.8) is 0 Å². The molecule has 4 atom stereocenters. The number of rotatable bonds is 12. The molecule has 0 radical (unpaired) electrons. The first-order valence-corrected chi connectivity index (χ1v) is 12.2. The van der Waals surface area contributed by atoms with E-state index in [1.165, 1.54) is 29.1 Å². The number of carbonyl (C=O) groups is 2. The molecule has 0 saturated heterocycles. The van der Waals surface area contributed by atoms with E-state index in [0.29, 0.717) is 6.42 Å². The topological polar surface area (TPSA) is 94.8 Å². The second-order valence-electron chi connectivity index (χ2n) is 7.24. The van der Waals surface area contributed by atoms with E-state index in [4.69, 9.17) is 5.11 Å². The summed E-state index contributed by atoms with van der Waals surface area (Å²) in [6.45, 7) is 2.09. The minimum Gasteiger partial charge on any atom is -0.481 e. The van der Waals surface area contributed by atoms with Gasteiger partial charge in [0.15, 0.2) is 0 Å². The summed E-state index contributed by atoms with van der Waals surface area (Å²) >= 11 is 2.89. The number of aliphatic carboxylic acids is 1. The molecule has 1 aliphatic rings. The largest absolute Gasteiger partial charge is 0.481 e. The third-order valence-electron chi connectivity index (χ3n) is 4.88. The molecule has 29 heavy (non-hydrogen) atoms. The number of ketones is 1. The van der Waals surface area contributed by atoms with Crippen molar-refractivity contribution >= 4 is 35.3 Å². The van der Waals surface area contributed by atoms with Gasteiger partial charge in [0, 0.05) is 18.8 Å². The van der Waals surface area contributed by atoms with E-state index < -0.39 is 18.2 Å². The van der Waals surface area contributed by atoms with Gasteiger partial charge in [0.25, 0.3) is 0 Å². The minimum atomic E-state index is -0.818. The highest BCUT2D eigenvalue weighted by molar-refractivity contribution is 8.01. The summed E-state index contributed by atoms with van der Waals surface area (Å²) in [6, 6.07) is 8.14. The van der Waals surface area contributed by atoms with Gasteiger partial charge in [-0.1, -0.05) is 43.3 Å². The third-order valence-corrected chi connectivity index (χ3v) is 7.37. The molecule has 160 valence electrons. The van der Waals surface area contributed by atoms with Crippen LogP contribution in [-0.4, -0.2) is 61.8 Å². The maximum atomic E-state index is 12.3. The van der Waals surface area contributed by atoms with E-state index in [2.05, 4.69) is 19.1 Å². The summed E-state index contributed by atoms with van der Waals surface area (Å²) in [7, 11) is 0. The third kappa shape index (κ3) is 8.16. The Morgan fingerprint density at radius 1 is 1.31 bits per heavy atom. The van der Waals surface area contributed by atoms with Crippen LogP contribution in [0.4, 0.5) is 0 Å². The van der Waals surface area contributed by atoms with Gasteiger partial charge in [-0.25, -0.2) is 0 Å². The van der Waals surface area contributed by atoms with Crippen LogP contribution in [0.3, 0.4) is 0 Å². The quantitative estimate of drug-likeness (QED) is 0.341. The van der Waals surface area contributed by atoms with Gasteiger partial charge < -0.3 is 15.3 Å². The van der Waals surface area contributed by atoms with Gasteiger partial charge in [-0.3, -0.25) is 9.59 Å². The average molecular weight is 439 g/mol. The Kier molecular flexibility index (Phi) is 10.3. The van der Waals surface area contributed by atoms with E-state index in [9.17, 15) is 19.8 Å². The van der Waals surface area contributed by atoms with Crippen LogP contribution in [0.5, 0.6) is 0 Å². The Hall–Kier alpha value is -1.28. The Morgan fingerprint density at radius 3 is 2.79 bits per heavy atom. The van der Waals surface area contributed by atoms with Crippen molar-refractivity contribution in [2.45, 2.75) is 50.1 Å². The molecule has 1 saturated carbocycles. The number of carboxylic acids is 1. The highest BCUT2D eigenvalue weighted by Gasteiger charge is 2.40. The van der Waals surface area contributed by atoms with Crippen LogP contribution in [0.1, 0.15) is 30.9 Å². The number of carboxylic acid groups (broad SMARTS) is 1. The molecule has 0 bridgehead atoms. The van der Waals surface area contributed by atoms with Crippen molar-refractivity contribution < 1.29 is 24.9 Å². The lowest BCUT2D eigenvalue weighted by Gasteiger charge is -2.17. The zero-order valence-corrected chi connectivity index (χ0v) is 18.3. The fourth-order valence-electron chi connectivity index (χ4n) is 3.38. The molecule has 0 amide bonds. The zero-order valence-electron chi connectivity index (χ0n) is 16.7. The highest BCUT2D eigenvalue weighted by Crippen LogP contribution is 2.34. The summed E-state index contributed by atoms with van der Waals surface area (Å²) in [6.07, 6.45) is 4.52. The number of aliphatic hydroxyl groups excluding tert-OH is 2. The van der Waals surface area contributed by atoms with Crippen LogP contribution < -0.4 is 0 Å². The Bertz CT molecular complexity index is 706. The second kappa shape index (κ2) is 12.4. The highest BCUT2D eigenvalue weighted by atomic mass is 32.2. The van der Waals surface area contributed by atoms with Crippen LogP contribution in [0.2, 0.25) is 0 Å². The van der Waals surface area contributed by atoms with Crippen LogP contribution in [0.15, 0.2) is 36.4 Å². The van der Waals surface area contributed by atoms with Gasteiger partial charge in [-0.05, 0) is 35.5 Å². The maximum Gasteiger partial charge on any atom is 0.313 e. The minimum absolute atomic E-state index is 0.0421. The first kappa shape index (κ1) is 24.0. The number of Topliss-reactive ketones (excluding diaryl/α,β-unsaturated/α-hetero) is 1. The van der Waals surface area contributed by atoms with Gasteiger partial charge >= 0.3 is 5.97 Å². The van der Waals surface area contributed by atoms with E-state index in [-0.39, 0.29) is 29.1 Å². The van der Waals surface area contributed by atoms with Crippen LogP contribution >= 0.6 is 23.5 Å². The SMILES string of the molecule is CCc1cccc(CC(O)C=C[C@H]2C(O)CC(=O)C2SCCCSCC(=O)O)c1. The predicted molar refractivity (Wildman–Crippen MR) is 120 cm³/mol. The molecule has 0 aromatic heterocycles. The summed E-state index contributed by atoms with van der Waals surface area (Å²) < 4.78 is 0. The molecular weight excluding hydrogens is 408 g/mol.